The molecule has 0 saturated heterocycles. The van der Waals surface area contributed by atoms with E-state index in [0.717, 1.165) is 5.56 Å². The molecule has 0 spiro atoms. The van der Waals surface area contributed by atoms with Gasteiger partial charge in [-0.05, 0) is 24.1 Å². The minimum atomic E-state index is -1.09. The van der Waals surface area contributed by atoms with E-state index in [0.29, 0.717) is 0 Å². The second-order valence-electron chi connectivity index (χ2n) is 3.94. The number of carbonyl (C=O) groups excluding carboxylic acids is 1. The molecule has 0 aliphatic heterocycles. The first-order chi connectivity index (χ1) is 6.92. The maximum atomic E-state index is 11.3. The molecule has 1 nitrogen and oxygen atoms in total. The highest BCUT2D eigenvalue weighted by molar-refractivity contribution is 6.69. The highest BCUT2D eigenvalue weighted by Gasteiger charge is 2.77. The standard InChI is InChI=1S/C11H9Cl3O/c1-10(9(12)15)8(11(10,13)14)7-5-3-2-4-6-7/h2-6,8H,1H3/t8-,10-/m1/s1. The predicted molar refractivity (Wildman–Crippen MR) is 62.6 cm³/mol. The highest BCUT2D eigenvalue weighted by atomic mass is 35.5. The molecule has 15 heavy (non-hydrogen) atoms. The van der Waals surface area contributed by atoms with Gasteiger partial charge in [0.05, 0.1) is 5.41 Å². The van der Waals surface area contributed by atoms with Gasteiger partial charge >= 0.3 is 0 Å². The molecule has 80 valence electrons. The summed E-state index contributed by atoms with van der Waals surface area (Å²) in [5.41, 5.74) is 0.0675. The lowest BCUT2D eigenvalue weighted by Gasteiger charge is -2.03. The van der Waals surface area contributed by atoms with Crippen molar-refractivity contribution in [1.29, 1.82) is 0 Å². The van der Waals surface area contributed by atoms with Crippen LogP contribution in [0.5, 0.6) is 0 Å². The lowest BCUT2D eigenvalue weighted by molar-refractivity contribution is -0.115. The quantitative estimate of drug-likeness (QED) is 0.587. The average molecular weight is 264 g/mol. The molecule has 2 rings (SSSR count). The third-order valence-electron chi connectivity index (χ3n) is 3.09. The van der Waals surface area contributed by atoms with Crippen molar-refractivity contribution >= 4 is 40.0 Å². The van der Waals surface area contributed by atoms with E-state index in [9.17, 15) is 4.79 Å². The van der Waals surface area contributed by atoms with Gasteiger partial charge in [0.2, 0.25) is 5.24 Å². The minimum Gasteiger partial charge on any atom is -0.281 e. The third kappa shape index (κ3) is 1.41. The summed E-state index contributed by atoms with van der Waals surface area (Å²) >= 11 is 17.7. The Morgan fingerprint density at radius 1 is 1.27 bits per heavy atom. The zero-order valence-corrected chi connectivity index (χ0v) is 10.3. The van der Waals surface area contributed by atoms with Crippen molar-refractivity contribution in [3.8, 4) is 0 Å². The predicted octanol–water partition coefficient (Wildman–Crippen LogP) is 3.73. The van der Waals surface area contributed by atoms with Crippen molar-refractivity contribution in [3.63, 3.8) is 0 Å². The number of rotatable bonds is 2. The maximum Gasteiger partial charge on any atom is 0.231 e. The Morgan fingerprint density at radius 3 is 2.20 bits per heavy atom. The smallest absolute Gasteiger partial charge is 0.231 e. The highest BCUT2D eigenvalue weighted by Crippen LogP contribution is 2.74. The Balaban J connectivity index is 2.39. The summed E-state index contributed by atoms with van der Waals surface area (Å²) in [5, 5.41) is -0.485. The molecular formula is C11H9Cl3O. The van der Waals surface area contributed by atoms with E-state index in [-0.39, 0.29) is 5.92 Å². The first-order valence-electron chi connectivity index (χ1n) is 4.55. The zero-order valence-electron chi connectivity index (χ0n) is 8.01. The van der Waals surface area contributed by atoms with Gasteiger partial charge in [0.1, 0.15) is 4.33 Å². The van der Waals surface area contributed by atoms with Gasteiger partial charge in [-0.25, -0.2) is 0 Å². The Morgan fingerprint density at radius 2 is 1.80 bits per heavy atom. The molecule has 0 radical (unpaired) electrons. The second kappa shape index (κ2) is 3.38. The van der Waals surface area contributed by atoms with Crippen LogP contribution < -0.4 is 0 Å². The van der Waals surface area contributed by atoms with Crippen LogP contribution in [0, 0.1) is 5.41 Å². The second-order valence-corrected chi connectivity index (χ2v) is 5.67. The number of carbonyl (C=O) groups is 1. The van der Waals surface area contributed by atoms with E-state index in [4.69, 9.17) is 34.8 Å². The summed E-state index contributed by atoms with van der Waals surface area (Å²) in [5.74, 6) is -0.223. The van der Waals surface area contributed by atoms with Crippen LogP contribution in [0.2, 0.25) is 0 Å². The molecule has 1 fully saturated rings. The van der Waals surface area contributed by atoms with Gasteiger partial charge in [0, 0.05) is 5.92 Å². The van der Waals surface area contributed by atoms with Gasteiger partial charge in [-0.15, -0.1) is 0 Å². The first-order valence-corrected chi connectivity index (χ1v) is 5.68. The van der Waals surface area contributed by atoms with Crippen LogP contribution in [0.4, 0.5) is 0 Å². The van der Waals surface area contributed by atoms with E-state index in [1.807, 2.05) is 30.3 Å². The summed E-state index contributed by atoms with van der Waals surface area (Å²) in [6.07, 6.45) is 0. The van der Waals surface area contributed by atoms with Crippen molar-refractivity contribution in [1.82, 2.24) is 0 Å². The van der Waals surface area contributed by atoms with E-state index < -0.39 is 15.0 Å². The summed E-state index contributed by atoms with van der Waals surface area (Å²) in [6.45, 7) is 1.69. The summed E-state index contributed by atoms with van der Waals surface area (Å²) < 4.78 is -1.09. The molecule has 1 aliphatic rings. The monoisotopic (exact) mass is 262 g/mol. The molecule has 1 aliphatic carbocycles. The minimum absolute atomic E-state index is 0.223. The number of hydrogen-bond donors (Lipinski definition) is 0. The lowest BCUT2D eigenvalue weighted by atomic mass is 10.0. The Labute approximate surface area is 103 Å². The molecule has 1 aromatic rings. The van der Waals surface area contributed by atoms with Crippen molar-refractivity contribution < 1.29 is 4.79 Å². The largest absolute Gasteiger partial charge is 0.281 e. The SMILES string of the molecule is C[C@]1(C(=O)Cl)[C@@H](c2ccccc2)C1(Cl)Cl. The van der Waals surface area contributed by atoms with E-state index in [2.05, 4.69) is 0 Å². The summed E-state index contributed by atoms with van der Waals surface area (Å²) in [7, 11) is 0. The third-order valence-corrected chi connectivity index (χ3v) is 4.70. The molecule has 0 amide bonds. The van der Waals surface area contributed by atoms with Crippen molar-refractivity contribution in [3.05, 3.63) is 35.9 Å². The number of alkyl halides is 2. The fraction of sp³-hybridized carbons (Fsp3) is 0.364. The maximum absolute atomic E-state index is 11.3. The van der Waals surface area contributed by atoms with Crippen LogP contribution in [-0.4, -0.2) is 9.58 Å². The number of hydrogen-bond acceptors (Lipinski definition) is 1. The van der Waals surface area contributed by atoms with Crippen LogP contribution in [0.15, 0.2) is 30.3 Å². The van der Waals surface area contributed by atoms with Crippen LogP contribution in [0.3, 0.4) is 0 Å². The zero-order chi connectivity index (χ0) is 11.3. The molecule has 0 aromatic heterocycles. The normalized spacial score (nSPS) is 32.4. The van der Waals surface area contributed by atoms with Crippen LogP contribution in [0.25, 0.3) is 0 Å². The van der Waals surface area contributed by atoms with E-state index in [1.54, 1.807) is 6.92 Å². The fourth-order valence-corrected chi connectivity index (χ4v) is 3.29. The van der Waals surface area contributed by atoms with Crippen molar-refractivity contribution in [2.75, 3.05) is 0 Å². The number of halogens is 3. The van der Waals surface area contributed by atoms with E-state index >= 15 is 0 Å². The molecule has 1 aromatic carbocycles. The Kier molecular flexibility index (Phi) is 2.53. The number of benzene rings is 1. The van der Waals surface area contributed by atoms with Gasteiger partial charge in [0.25, 0.3) is 0 Å². The lowest BCUT2D eigenvalue weighted by Crippen LogP contribution is -2.12. The van der Waals surface area contributed by atoms with Gasteiger partial charge in [-0.1, -0.05) is 53.5 Å². The first kappa shape index (κ1) is 11.3. The Bertz CT molecular complexity index is 402. The molecule has 0 bridgehead atoms. The molecule has 1 saturated carbocycles. The van der Waals surface area contributed by atoms with Crippen molar-refractivity contribution in [2.45, 2.75) is 17.2 Å². The fourth-order valence-electron chi connectivity index (χ4n) is 1.96. The average Bonchev–Trinajstić information content (AvgIpc) is 2.64. The molecule has 0 unspecified atom stereocenters. The van der Waals surface area contributed by atoms with Crippen LogP contribution >= 0.6 is 34.8 Å². The van der Waals surface area contributed by atoms with Gasteiger partial charge < -0.3 is 0 Å². The molecule has 0 N–H and O–H groups in total. The van der Waals surface area contributed by atoms with Gasteiger partial charge in [0.15, 0.2) is 0 Å². The van der Waals surface area contributed by atoms with Crippen LogP contribution in [-0.2, 0) is 4.79 Å². The Hall–Kier alpha value is -0.240. The van der Waals surface area contributed by atoms with E-state index in [1.165, 1.54) is 0 Å². The molecule has 0 heterocycles. The van der Waals surface area contributed by atoms with Gasteiger partial charge in [-0.2, -0.15) is 0 Å². The molecule has 2 atom stereocenters. The molecule has 4 heteroatoms. The van der Waals surface area contributed by atoms with Crippen molar-refractivity contribution in [2.24, 2.45) is 5.41 Å². The molecular weight excluding hydrogens is 254 g/mol. The summed E-state index contributed by atoms with van der Waals surface area (Å²) in [6, 6.07) is 9.47. The van der Waals surface area contributed by atoms with Crippen LogP contribution in [0.1, 0.15) is 18.4 Å². The topological polar surface area (TPSA) is 17.1 Å². The summed E-state index contributed by atoms with van der Waals surface area (Å²) in [4.78, 5) is 11.3. The van der Waals surface area contributed by atoms with Gasteiger partial charge in [-0.3, -0.25) is 4.79 Å².